The van der Waals surface area contributed by atoms with Crippen molar-refractivity contribution in [2.45, 2.75) is 52.2 Å². The van der Waals surface area contributed by atoms with E-state index >= 15 is 0 Å². The SMILES string of the molecule is CCC(C)(C)NC(=O)[C@H](c1cccc(OC)c1OC)N(C(=O)Cn1nnc2ccccc21)c1ccccc1C. The molecule has 1 atom stereocenters. The van der Waals surface area contributed by atoms with Crippen LogP contribution >= 0.6 is 0 Å². The largest absolute Gasteiger partial charge is 0.493 e. The molecule has 0 saturated carbocycles. The Labute approximate surface area is 228 Å². The second-order valence-electron chi connectivity index (χ2n) is 10.00. The summed E-state index contributed by atoms with van der Waals surface area (Å²) in [6.45, 7) is 7.69. The zero-order chi connectivity index (χ0) is 28.2. The number of nitrogens with one attached hydrogen (secondary N) is 1. The van der Waals surface area contributed by atoms with E-state index in [1.165, 1.54) is 19.1 Å². The van der Waals surface area contributed by atoms with Crippen LogP contribution in [0.3, 0.4) is 0 Å². The number of methoxy groups -OCH3 is 2. The van der Waals surface area contributed by atoms with Gasteiger partial charge >= 0.3 is 0 Å². The molecule has 4 aromatic rings. The van der Waals surface area contributed by atoms with Crippen molar-refractivity contribution in [2.24, 2.45) is 0 Å². The van der Waals surface area contributed by atoms with Gasteiger partial charge < -0.3 is 14.8 Å². The number of aryl methyl sites for hydroxylation is 1. The van der Waals surface area contributed by atoms with Crippen LogP contribution in [0.2, 0.25) is 0 Å². The first-order valence-corrected chi connectivity index (χ1v) is 12.9. The highest BCUT2D eigenvalue weighted by Crippen LogP contribution is 2.40. The highest BCUT2D eigenvalue weighted by atomic mass is 16.5. The van der Waals surface area contributed by atoms with Crippen molar-refractivity contribution in [3.63, 3.8) is 0 Å². The highest BCUT2D eigenvalue weighted by Gasteiger charge is 2.38. The lowest BCUT2D eigenvalue weighted by Crippen LogP contribution is -2.51. The van der Waals surface area contributed by atoms with Crippen LogP contribution in [-0.2, 0) is 16.1 Å². The lowest BCUT2D eigenvalue weighted by atomic mass is 9.97. The third-order valence-electron chi connectivity index (χ3n) is 6.93. The molecule has 1 aromatic heterocycles. The van der Waals surface area contributed by atoms with E-state index in [4.69, 9.17) is 9.47 Å². The number of rotatable bonds is 10. The van der Waals surface area contributed by atoms with Gasteiger partial charge in [-0.2, -0.15) is 0 Å². The first-order valence-electron chi connectivity index (χ1n) is 12.9. The molecule has 0 spiro atoms. The number of anilines is 1. The predicted molar refractivity (Wildman–Crippen MR) is 151 cm³/mol. The number of amides is 2. The molecule has 4 rings (SSSR count). The van der Waals surface area contributed by atoms with E-state index in [-0.39, 0.29) is 18.4 Å². The summed E-state index contributed by atoms with van der Waals surface area (Å²) in [4.78, 5) is 30.0. The topological polar surface area (TPSA) is 98.6 Å². The monoisotopic (exact) mass is 529 g/mol. The van der Waals surface area contributed by atoms with Gasteiger partial charge in [0.15, 0.2) is 11.5 Å². The second-order valence-corrected chi connectivity index (χ2v) is 10.00. The Morgan fingerprint density at radius 2 is 1.72 bits per heavy atom. The predicted octanol–water partition coefficient (Wildman–Crippen LogP) is 4.84. The molecule has 2 amide bonds. The van der Waals surface area contributed by atoms with Gasteiger partial charge in [-0.1, -0.05) is 54.6 Å². The average Bonchev–Trinajstić information content (AvgIpc) is 3.34. The number of carbonyl (C=O) groups is 2. The Morgan fingerprint density at radius 3 is 2.41 bits per heavy atom. The molecular formula is C30H35N5O4. The van der Waals surface area contributed by atoms with Crippen molar-refractivity contribution in [1.82, 2.24) is 20.3 Å². The standard InChI is InChI=1S/C30H35N5O4/c1-7-30(3,4)31-29(37)27(21-14-12-18-25(38-5)28(21)39-6)35(23-16-10-8-13-20(23)2)26(36)19-34-24-17-11-9-15-22(24)32-33-34/h8-18,27H,7,19H2,1-6H3,(H,31,37)/t27-/m0/s1. The lowest BCUT2D eigenvalue weighted by molar-refractivity contribution is -0.128. The first kappa shape index (κ1) is 27.6. The van der Waals surface area contributed by atoms with Gasteiger partial charge in [-0.3, -0.25) is 14.5 Å². The molecule has 0 aliphatic heterocycles. The summed E-state index contributed by atoms with van der Waals surface area (Å²) in [7, 11) is 3.06. The van der Waals surface area contributed by atoms with Gasteiger partial charge in [-0.25, -0.2) is 4.68 Å². The normalized spacial score (nSPS) is 12.2. The number of benzene rings is 3. The average molecular weight is 530 g/mol. The maximum atomic E-state index is 14.3. The zero-order valence-corrected chi connectivity index (χ0v) is 23.3. The van der Waals surface area contributed by atoms with Crippen LogP contribution in [0.15, 0.2) is 66.7 Å². The molecule has 0 radical (unpaired) electrons. The van der Waals surface area contributed by atoms with Gasteiger partial charge in [-0.15, -0.1) is 5.10 Å². The fraction of sp³-hybridized carbons (Fsp3) is 0.333. The van der Waals surface area contributed by atoms with Crippen molar-refractivity contribution >= 4 is 28.5 Å². The number of para-hydroxylation sites is 3. The maximum absolute atomic E-state index is 14.3. The summed E-state index contributed by atoms with van der Waals surface area (Å²) in [5.41, 5.74) is 2.84. The van der Waals surface area contributed by atoms with Crippen molar-refractivity contribution in [3.05, 3.63) is 77.9 Å². The number of aromatic nitrogens is 3. The quantitative estimate of drug-likeness (QED) is 0.316. The van der Waals surface area contributed by atoms with E-state index in [0.29, 0.717) is 34.7 Å². The van der Waals surface area contributed by atoms with Gasteiger partial charge in [-0.05, 0) is 57.0 Å². The summed E-state index contributed by atoms with van der Waals surface area (Å²) < 4.78 is 12.8. The molecule has 0 saturated heterocycles. The molecule has 0 aliphatic carbocycles. The first-order chi connectivity index (χ1) is 18.7. The number of hydrogen-bond acceptors (Lipinski definition) is 6. The Balaban J connectivity index is 1.91. The highest BCUT2D eigenvalue weighted by molar-refractivity contribution is 6.02. The smallest absolute Gasteiger partial charge is 0.249 e. The van der Waals surface area contributed by atoms with E-state index in [0.717, 1.165) is 11.1 Å². The summed E-state index contributed by atoms with van der Waals surface area (Å²) in [5, 5.41) is 11.6. The van der Waals surface area contributed by atoms with Crippen LogP contribution in [0.1, 0.15) is 44.4 Å². The van der Waals surface area contributed by atoms with Crippen molar-refractivity contribution in [3.8, 4) is 11.5 Å². The van der Waals surface area contributed by atoms with E-state index in [9.17, 15) is 9.59 Å². The molecule has 39 heavy (non-hydrogen) atoms. The van der Waals surface area contributed by atoms with Gasteiger partial charge in [0.25, 0.3) is 0 Å². The Hall–Kier alpha value is -4.40. The Morgan fingerprint density at radius 1 is 1.00 bits per heavy atom. The van der Waals surface area contributed by atoms with Crippen molar-refractivity contribution in [1.29, 1.82) is 0 Å². The second kappa shape index (κ2) is 11.6. The molecule has 9 nitrogen and oxygen atoms in total. The number of nitrogens with zero attached hydrogens (tertiary/aromatic N) is 4. The summed E-state index contributed by atoms with van der Waals surface area (Å²) in [6.07, 6.45) is 0.698. The van der Waals surface area contributed by atoms with Crippen LogP contribution in [0.4, 0.5) is 5.69 Å². The summed E-state index contributed by atoms with van der Waals surface area (Å²) in [5.74, 6) is 0.168. The Kier molecular flexibility index (Phi) is 8.18. The van der Waals surface area contributed by atoms with Crippen LogP contribution in [-0.4, -0.2) is 46.6 Å². The van der Waals surface area contributed by atoms with Crippen LogP contribution < -0.4 is 19.7 Å². The van der Waals surface area contributed by atoms with E-state index in [1.807, 2.05) is 76.2 Å². The molecule has 1 heterocycles. The van der Waals surface area contributed by atoms with Crippen LogP contribution in [0.5, 0.6) is 11.5 Å². The van der Waals surface area contributed by atoms with E-state index in [1.54, 1.807) is 22.9 Å². The molecular weight excluding hydrogens is 494 g/mol. The van der Waals surface area contributed by atoms with Crippen LogP contribution in [0, 0.1) is 6.92 Å². The van der Waals surface area contributed by atoms with Gasteiger partial charge in [0.05, 0.1) is 19.7 Å². The third-order valence-corrected chi connectivity index (χ3v) is 6.93. The summed E-state index contributed by atoms with van der Waals surface area (Å²) >= 11 is 0. The molecule has 3 aromatic carbocycles. The molecule has 0 bridgehead atoms. The molecule has 0 aliphatic rings. The lowest BCUT2D eigenvalue weighted by Gasteiger charge is -2.36. The molecule has 0 unspecified atom stereocenters. The number of hydrogen-bond donors (Lipinski definition) is 1. The number of fused-ring (bicyclic) bond motifs is 1. The number of carbonyl (C=O) groups excluding carboxylic acids is 2. The third kappa shape index (κ3) is 5.72. The van der Waals surface area contributed by atoms with Gasteiger partial charge in [0.1, 0.15) is 18.1 Å². The zero-order valence-electron chi connectivity index (χ0n) is 23.3. The van der Waals surface area contributed by atoms with Gasteiger partial charge in [0, 0.05) is 16.8 Å². The van der Waals surface area contributed by atoms with E-state index < -0.39 is 11.6 Å². The molecule has 204 valence electrons. The van der Waals surface area contributed by atoms with Crippen molar-refractivity contribution in [2.75, 3.05) is 19.1 Å². The minimum Gasteiger partial charge on any atom is -0.493 e. The maximum Gasteiger partial charge on any atom is 0.249 e. The minimum atomic E-state index is -1.07. The van der Waals surface area contributed by atoms with Crippen LogP contribution in [0.25, 0.3) is 11.0 Å². The van der Waals surface area contributed by atoms with E-state index in [2.05, 4.69) is 15.6 Å². The molecule has 1 N–H and O–H groups in total. The number of ether oxygens (including phenoxy) is 2. The Bertz CT molecular complexity index is 1480. The minimum absolute atomic E-state index is 0.123. The fourth-order valence-electron chi connectivity index (χ4n) is 4.50. The molecule has 0 fully saturated rings. The summed E-state index contributed by atoms with van der Waals surface area (Å²) in [6, 6.07) is 19.2. The fourth-order valence-corrected chi connectivity index (χ4v) is 4.50. The molecule has 9 heteroatoms. The van der Waals surface area contributed by atoms with Gasteiger partial charge in [0.2, 0.25) is 11.8 Å². The van der Waals surface area contributed by atoms with Crippen molar-refractivity contribution < 1.29 is 19.1 Å².